The summed E-state index contributed by atoms with van der Waals surface area (Å²) in [5, 5.41) is 9.29. The molecular weight excluding hydrogens is 438 g/mol. The number of carbonyl (C=O) groups is 1. The van der Waals surface area contributed by atoms with Gasteiger partial charge in [-0.1, -0.05) is 53.7 Å². The minimum absolute atomic E-state index is 0.0114. The van der Waals surface area contributed by atoms with E-state index >= 15 is 0 Å². The summed E-state index contributed by atoms with van der Waals surface area (Å²) in [7, 11) is 0. The maximum Gasteiger partial charge on any atom is 0.387 e. The summed E-state index contributed by atoms with van der Waals surface area (Å²) in [6.45, 7) is -2.57. The normalized spacial score (nSPS) is 10.9. The molecule has 2 N–H and O–H groups in total. The van der Waals surface area contributed by atoms with Gasteiger partial charge in [0.25, 0.3) is 0 Å². The molecule has 3 aromatic rings. The number of carbonyl (C=O) groups excluding carboxylic acids is 1. The van der Waals surface area contributed by atoms with Gasteiger partial charge in [-0.15, -0.1) is 5.10 Å². The van der Waals surface area contributed by atoms with Crippen LogP contribution < -0.4 is 15.7 Å². The Labute approximate surface area is 179 Å². The number of nitrogens with zero attached hydrogens (tertiary/aromatic N) is 2. The molecule has 1 aromatic heterocycles. The van der Waals surface area contributed by atoms with Crippen LogP contribution in [0, 0.1) is 0 Å². The van der Waals surface area contributed by atoms with Crippen molar-refractivity contribution in [3.63, 3.8) is 0 Å². The van der Waals surface area contributed by atoms with Crippen molar-refractivity contribution in [2.45, 2.75) is 24.7 Å². The highest BCUT2D eigenvalue weighted by atomic mass is 35.5. The number of H-pyrrole nitrogens is 1. The molecule has 1 heterocycles. The number of amides is 1. The van der Waals surface area contributed by atoms with Crippen molar-refractivity contribution in [2.24, 2.45) is 0 Å². The predicted molar refractivity (Wildman–Crippen MR) is 110 cm³/mol. The second-order valence-corrected chi connectivity index (χ2v) is 7.41. The van der Waals surface area contributed by atoms with Gasteiger partial charge in [-0.2, -0.15) is 8.78 Å². The fourth-order valence-corrected chi connectivity index (χ4v) is 3.59. The van der Waals surface area contributed by atoms with E-state index in [1.807, 2.05) is 30.3 Å². The van der Waals surface area contributed by atoms with Crippen molar-refractivity contribution in [1.82, 2.24) is 14.8 Å². The van der Waals surface area contributed by atoms with Gasteiger partial charge in [0.05, 0.1) is 10.8 Å². The lowest BCUT2D eigenvalue weighted by Gasteiger charge is -2.10. The van der Waals surface area contributed by atoms with E-state index in [9.17, 15) is 18.4 Å². The van der Waals surface area contributed by atoms with Gasteiger partial charge in [-0.05, 0) is 30.2 Å². The molecule has 1 amide bonds. The minimum Gasteiger partial charge on any atom is -0.433 e. The molecule has 3 rings (SSSR count). The lowest BCUT2D eigenvalue weighted by atomic mass is 10.1. The van der Waals surface area contributed by atoms with E-state index in [0.29, 0.717) is 23.8 Å². The van der Waals surface area contributed by atoms with Crippen molar-refractivity contribution < 1.29 is 18.3 Å². The van der Waals surface area contributed by atoms with Gasteiger partial charge in [0.15, 0.2) is 5.16 Å². The average molecular weight is 455 g/mol. The number of halogens is 3. The zero-order chi connectivity index (χ0) is 21.5. The van der Waals surface area contributed by atoms with Crippen molar-refractivity contribution in [3.8, 4) is 5.75 Å². The van der Waals surface area contributed by atoms with Crippen molar-refractivity contribution in [2.75, 3.05) is 11.1 Å². The Hall–Kier alpha value is -2.85. The van der Waals surface area contributed by atoms with E-state index in [0.717, 1.165) is 17.3 Å². The number of thioether (sulfide) groups is 1. The van der Waals surface area contributed by atoms with Gasteiger partial charge in [-0.3, -0.25) is 9.36 Å². The second kappa shape index (κ2) is 10.3. The average Bonchev–Trinajstić information content (AvgIpc) is 3.07. The topological polar surface area (TPSA) is 89.0 Å². The predicted octanol–water partition coefficient (Wildman–Crippen LogP) is 3.80. The molecule has 0 aliphatic rings. The number of aryl methyl sites for hydroxylation is 1. The van der Waals surface area contributed by atoms with Crippen LogP contribution >= 0.6 is 23.4 Å². The number of hydrogen-bond donors (Lipinski definition) is 2. The fourth-order valence-electron chi connectivity index (χ4n) is 2.59. The SMILES string of the molecule is O=C(CSc1n[nH]c(=O)n1CCc1ccccc1)Nc1ccc(OC(F)F)c(Cl)c1. The van der Waals surface area contributed by atoms with Crippen LogP contribution in [0.15, 0.2) is 58.5 Å². The van der Waals surface area contributed by atoms with E-state index in [1.165, 1.54) is 22.8 Å². The number of rotatable bonds is 9. The van der Waals surface area contributed by atoms with Crippen molar-refractivity contribution in [3.05, 3.63) is 69.6 Å². The zero-order valence-electron chi connectivity index (χ0n) is 15.5. The molecule has 0 spiro atoms. The molecule has 0 aliphatic carbocycles. The highest BCUT2D eigenvalue weighted by molar-refractivity contribution is 7.99. The van der Waals surface area contributed by atoms with Crippen LogP contribution in [0.5, 0.6) is 5.75 Å². The molecule has 0 aliphatic heterocycles. The molecule has 0 bridgehead atoms. The van der Waals surface area contributed by atoms with E-state index in [-0.39, 0.29) is 28.1 Å². The quantitative estimate of drug-likeness (QED) is 0.480. The highest BCUT2D eigenvalue weighted by Gasteiger charge is 2.13. The molecule has 11 heteroatoms. The number of aromatic amines is 1. The summed E-state index contributed by atoms with van der Waals surface area (Å²) in [4.78, 5) is 24.2. The van der Waals surface area contributed by atoms with Crippen LogP contribution in [0.3, 0.4) is 0 Å². The molecule has 30 heavy (non-hydrogen) atoms. The molecule has 0 saturated heterocycles. The maximum atomic E-state index is 12.3. The second-order valence-electron chi connectivity index (χ2n) is 6.06. The van der Waals surface area contributed by atoms with Crippen LogP contribution in [0.2, 0.25) is 5.02 Å². The van der Waals surface area contributed by atoms with Gasteiger partial charge in [-0.25, -0.2) is 9.89 Å². The Balaban J connectivity index is 1.56. The van der Waals surface area contributed by atoms with E-state index < -0.39 is 6.61 Å². The van der Waals surface area contributed by atoms with Crippen molar-refractivity contribution >= 4 is 35.0 Å². The first-order valence-corrected chi connectivity index (χ1v) is 10.1. The number of aromatic nitrogens is 3. The maximum absolute atomic E-state index is 12.3. The Kier molecular flexibility index (Phi) is 7.47. The largest absolute Gasteiger partial charge is 0.433 e. The van der Waals surface area contributed by atoms with E-state index in [4.69, 9.17) is 11.6 Å². The number of nitrogens with one attached hydrogen (secondary N) is 2. The van der Waals surface area contributed by atoms with Crippen LogP contribution in [-0.2, 0) is 17.8 Å². The fraction of sp³-hybridized carbons (Fsp3) is 0.211. The molecule has 0 atom stereocenters. The first-order valence-electron chi connectivity index (χ1n) is 8.78. The van der Waals surface area contributed by atoms with Gasteiger partial charge < -0.3 is 10.1 Å². The summed E-state index contributed by atoms with van der Waals surface area (Å²) < 4.78 is 30.3. The summed E-state index contributed by atoms with van der Waals surface area (Å²) in [5.74, 6) is -0.565. The first-order chi connectivity index (χ1) is 14.4. The van der Waals surface area contributed by atoms with Gasteiger partial charge in [0.2, 0.25) is 5.91 Å². The van der Waals surface area contributed by atoms with Gasteiger partial charge in [0, 0.05) is 12.2 Å². The number of alkyl halides is 2. The number of hydrogen-bond acceptors (Lipinski definition) is 5. The zero-order valence-corrected chi connectivity index (χ0v) is 17.1. The molecular formula is C19H17ClF2N4O3S. The lowest BCUT2D eigenvalue weighted by molar-refractivity contribution is -0.113. The summed E-state index contributed by atoms with van der Waals surface area (Å²) >= 11 is 6.97. The molecule has 7 nitrogen and oxygen atoms in total. The standard InChI is InChI=1S/C19H17ClF2N4O3S/c20-14-10-13(6-7-15(14)29-17(21)22)23-16(27)11-30-19-25-24-18(28)26(19)9-8-12-4-2-1-3-5-12/h1-7,10,17H,8-9,11H2,(H,23,27)(H,24,28). The summed E-state index contributed by atoms with van der Waals surface area (Å²) in [5.41, 5.74) is 1.06. The van der Waals surface area contributed by atoms with E-state index in [2.05, 4.69) is 20.3 Å². The number of anilines is 1. The lowest BCUT2D eigenvalue weighted by Crippen LogP contribution is -2.20. The van der Waals surface area contributed by atoms with E-state index in [1.54, 1.807) is 0 Å². The third kappa shape index (κ3) is 6.07. The summed E-state index contributed by atoms with van der Waals surface area (Å²) in [6.07, 6.45) is 0.644. The molecule has 158 valence electrons. The summed E-state index contributed by atoms with van der Waals surface area (Å²) in [6, 6.07) is 13.6. The van der Waals surface area contributed by atoms with Gasteiger partial charge >= 0.3 is 12.3 Å². The molecule has 0 unspecified atom stereocenters. The van der Waals surface area contributed by atoms with Crippen LogP contribution in [0.25, 0.3) is 0 Å². The number of ether oxygens (including phenoxy) is 1. The molecule has 0 saturated carbocycles. The first kappa shape index (κ1) is 21.8. The van der Waals surface area contributed by atoms with Crippen LogP contribution in [0.1, 0.15) is 5.56 Å². The number of benzene rings is 2. The van der Waals surface area contributed by atoms with Crippen molar-refractivity contribution in [1.29, 1.82) is 0 Å². The highest BCUT2D eigenvalue weighted by Crippen LogP contribution is 2.29. The Morgan fingerprint density at radius 1 is 1.27 bits per heavy atom. The molecule has 0 radical (unpaired) electrons. The Bertz CT molecular complexity index is 1060. The van der Waals surface area contributed by atoms with Crippen LogP contribution in [-0.4, -0.2) is 33.0 Å². The molecule has 2 aromatic carbocycles. The minimum atomic E-state index is -2.99. The third-order valence-corrected chi connectivity index (χ3v) is 5.23. The monoisotopic (exact) mass is 454 g/mol. The molecule has 0 fully saturated rings. The Morgan fingerprint density at radius 2 is 2.03 bits per heavy atom. The van der Waals surface area contributed by atoms with Gasteiger partial charge in [0.1, 0.15) is 5.75 Å². The van der Waals surface area contributed by atoms with Crippen LogP contribution in [0.4, 0.5) is 14.5 Å². The third-order valence-electron chi connectivity index (χ3n) is 3.95. The smallest absolute Gasteiger partial charge is 0.387 e. The Morgan fingerprint density at radius 3 is 2.73 bits per heavy atom.